The molecule has 5 heterocycles. The van der Waals surface area contributed by atoms with Gasteiger partial charge in [0.2, 0.25) is 0 Å². The van der Waals surface area contributed by atoms with Crippen molar-refractivity contribution < 1.29 is 9.47 Å². The SMILES string of the molecule is c1ccc(N(c2ccccc2)c2cc3c4c(c2)N(c2ccccc2)c2ccccc2B4c2cc4c(cc2O3)N(c2ccccc2)c2cc(N(c3ccccc3)c3ccccc3)cc3c2B4c2cc4c5ccccc5n(-c5ccccc5)c4cc2O3)cc1. The molecular weight excluding hydrogens is 1060 g/mol. The first-order chi connectivity index (χ1) is 43.2. The molecule has 87 heavy (non-hydrogen) atoms. The van der Waals surface area contributed by atoms with Crippen LogP contribution < -0.4 is 61.9 Å². The molecule has 0 saturated heterocycles. The topological polar surface area (TPSA) is 36.4 Å². The molecule has 1 aromatic heterocycles. The first-order valence-electron chi connectivity index (χ1n) is 29.8. The lowest BCUT2D eigenvalue weighted by Crippen LogP contribution is -2.63. The lowest BCUT2D eigenvalue weighted by molar-refractivity contribution is 0.487. The first kappa shape index (κ1) is 49.1. The number of fused-ring (bicyclic) bond motifs is 11. The van der Waals surface area contributed by atoms with Gasteiger partial charge in [0, 0.05) is 97.6 Å². The maximum atomic E-state index is 7.71. The predicted molar refractivity (Wildman–Crippen MR) is 362 cm³/mol. The van der Waals surface area contributed by atoms with E-state index in [0.29, 0.717) is 0 Å². The van der Waals surface area contributed by atoms with Crippen molar-refractivity contribution in [2.45, 2.75) is 0 Å². The summed E-state index contributed by atoms with van der Waals surface area (Å²) < 4.78 is 17.7. The third-order valence-electron chi connectivity index (χ3n) is 18.0. The molecule has 0 aliphatic carbocycles. The molecule has 406 valence electrons. The Balaban J connectivity index is 0.926. The Morgan fingerprint density at radius 3 is 1.20 bits per heavy atom. The second kappa shape index (κ2) is 19.6. The molecule has 0 spiro atoms. The van der Waals surface area contributed by atoms with Crippen LogP contribution in [0.5, 0.6) is 23.0 Å². The van der Waals surface area contributed by atoms with Gasteiger partial charge in [0.05, 0.1) is 22.4 Å². The van der Waals surface area contributed by atoms with E-state index in [1.165, 1.54) is 21.7 Å². The van der Waals surface area contributed by atoms with Gasteiger partial charge in [-0.15, -0.1) is 0 Å². The highest BCUT2D eigenvalue weighted by Crippen LogP contribution is 2.50. The molecule has 0 atom stereocenters. The van der Waals surface area contributed by atoms with Crippen molar-refractivity contribution >= 4 is 136 Å². The van der Waals surface area contributed by atoms with Crippen molar-refractivity contribution in [1.29, 1.82) is 0 Å². The number of aromatic nitrogens is 1. The van der Waals surface area contributed by atoms with Crippen LogP contribution in [0.4, 0.5) is 68.2 Å². The zero-order valence-electron chi connectivity index (χ0n) is 47.2. The van der Waals surface area contributed by atoms with Crippen molar-refractivity contribution in [3.63, 3.8) is 0 Å². The van der Waals surface area contributed by atoms with Gasteiger partial charge in [0.25, 0.3) is 13.4 Å². The minimum Gasteiger partial charge on any atom is -0.458 e. The molecular formula is C78H51B2N5O2. The second-order valence-corrected chi connectivity index (χ2v) is 22.8. The number of nitrogens with zero attached hydrogens (tertiary/aromatic N) is 5. The smallest absolute Gasteiger partial charge is 0.256 e. The van der Waals surface area contributed by atoms with Crippen LogP contribution in [0.15, 0.2) is 309 Å². The Bertz CT molecular complexity index is 4940. The summed E-state index contributed by atoms with van der Waals surface area (Å²) >= 11 is 0. The Morgan fingerprint density at radius 2 is 0.667 bits per heavy atom. The summed E-state index contributed by atoms with van der Waals surface area (Å²) in [5, 5.41) is 2.36. The van der Waals surface area contributed by atoms with E-state index in [9.17, 15) is 0 Å². The molecule has 18 rings (SSSR count). The van der Waals surface area contributed by atoms with Gasteiger partial charge in [-0.25, -0.2) is 0 Å². The van der Waals surface area contributed by atoms with Crippen LogP contribution in [0, 0.1) is 0 Å². The number of anilines is 12. The van der Waals surface area contributed by atoms with Crippen molar-refractivity contribution in [1.82, 2.24) is 4.57 Å². The van der Waals surface area contributed by atoms with E-state index in [1.54, 1.807) is 0 Å². The summed E-state index contributed by atoms with van der Waals surface area (Å²) in [6.45, 7) is -0.452. The van der Waals surface area contributed by atoms with Gasteiger partial charge in [-0.05, 0) is 142 Å². The van der Waals surface area contributed by atoms with Gasteiger partial charge in [-0.3, -0.25) is 0 Å². The summed E-state index contributed by atoms with van der Waals surface area (Å²) in [6, 6.07) is 112. The maximum absolute atomic E-state index is 7.71. The average Bonchev–Trinajstić information content (AvgIpc) is 1.19. The molecule has 0 saturated carbocycles. The van der Waals surface area contributed by atoms with Crippen LogP contribution in [0.2, 0.25) is 0 Å². The number of para-hydroxylation sites is 9. The molecule has 0 fully saturated rings. The highest BCUT2D eigenvalue weighted by molar-refractivity contribution is 7.02. The highest BCUT2D eigenvalue weighted by atomic mass is 16.5. The Labute approximate surface area is 505 Å². The monoisotopic (exact) mass is 1110 g/mol. The van der Waals surface area contributed by atoms with E-state index >= 15 is 0 Å². The van der Waals surface area contributed by atoms with E-state index in [0.717, 1.165) is 130 Å². The standard InChI is InChI=1S/C78H51B2N5O2/c1-8-26-52(27-9-1)81(53-28-10-2-11-29-53)59-44-71-77-75(46-59)87-74-51-70-64(49-66(74)79(77)63-41-23-25-43-68(63)84(71)57-36-18-6-19-37-57)80-65-48-62-61-40-22-24-42-67(61)83(56-34-16-5-17-35-56)69(62)50-73(65)86-76-47-60(45-72(78(76)80)85(70)58-38-20-7-21-39-58)82(54-30-12-3-13-31-54)55-32-14-4-15-33-55/h1-51H. The van der Waals surface area contributed by atoms with E-state index < -0.39 is 0 Å². The summed E-state index contributed by atoms with van der Waals surface area (Å²) in [5.74, 6) is 3.26. The first-order valence-corrected chi connectivity index (χ1v) is 29.8. The van der Waals surface area contributed by atoms with Crippen molar-refractivity contribution in [2.75, 3.05) is 19.6 Å². The number of ether oxygens (including phenoxy) is 2. The fourth-order valence-corrected chi connectivity index (χ4v) is 14.4. The second-order valence-electron chi connectivity index (χ2n) is 22.8. The Morgan fingerprint density at radius 1 is 0.253 bits per heavy atom. The van der Waals surface area contributed by atoms with Gasteiger partial charge >= 0.3 is 0 Å². The summed E-state index contributed by atoms with van der Waals surface area (Å²) in [6.07, 6.45) is 0. The molecule has 0 amide bonds. The summed E-state index contributed by atoms with van der Waals surface area (Å²) in [7, 11) is 0. The molecule has 13 aromatic carbocycles. The van der Waals surface area contributed by atoms with E-state index in [4.69, 9.17) is 9.47 Å². The van der Waals surface area contributed by atoms with Gasteiger partial charge < -0.3 is 33.6 Å². The summed E-state index contributed by atoms with van der Waals surface area (Å²) in [5.41, 5.74) is 22.7. The zero-order valence-corrected chi connectivity index (χ0v) is 47.2. The largest absolute Gasteiger partial charge is 0.458 e. The minimum atomic E-state index is -0.258. The molecule has 14 aromatic rings. The molecule has 0 radical (unpaired) electrons. The normalized spacial score (nSPS) is 12.9. The maximum Gasteiger partial charge on any atom is 0.256 e. The number of hydrogen-bond donors (Lipinski definition) is 0. The van der Waals surface area contributed by atoms with Crippen molar-refractivity contribution in [3.8, 4) is 28.7 Å². The molecule has 4 aliphatic rings. The molecule has 0 unspecified atom stereocenters. The molecule has 0 N–H and O–H groups in total. The van der Waals surface area contributed by atoms with Crippen LogP contribution in [-0.4, -0.2) is 18.0 Å². The third kappa shape index (κ3) is 7.66. The zero-order chi connectivity index (χ0) is 57.1. The Kier molecular flexibility index (Phi) is 11.0. The molecule has 7 nitrogen and oxygen atoms in total. The van der Waals surface area contributed by atoms with Gasteiger partial charge in [0.15, 0.2) is 0 Å². The Hall–Kier alpha value is -11.4. The predicted octanol–water partition coefficient (Wildman–Crippen LogP) is 16.5. The summed E-state index contributed by atoms with van der Waals surface area (Å²) in [4.78, 5) is 9.58. The lowest BCUT2D eigenvalue weighted by Gasteiger charge is -2.43. The van der Waals surface area contributed by atoms with Crippen LogP contribution in [-0.2, 0) is 0 Å². The van der Waals surface area contributed by atoms with Gasteiger partial charge in [-0.1, -0.05) is 176 Å². The van der Waals surface area contributed by atoms with Crippen molar-refractivity contribution in [3.05, 3.63) is 309 Å². The molecule has 9 heteroatoms. The fourth-order valence-electron chi connectivity index (χ4n) is 14.4. The van der Waals surface area contributed by atoms with Gasteiger partial charge in [0.1, 0.15) is 23.0 Å². The van der Waals surface area contributed by atoms with Crippen LogP contribution in [0.1, 0.15) is 0 Å². The van der Waals surface area contributed by atoms with E-state index in [-0.39, 0.29) is 13.4 Å². The highest BCUT2D eigenvalue weighted by Gasteiger charge is 2.48. The average molecular weight is 1110 g/mol. The van der Waals surface area contributed by atoms with Crippen LogP contribution in [0.3, 0.4) is 0 Å². The van der Waals surface area contributed by atoms with Crippen molar-refractivity contribution in [2.24, 2.45) is 0 Å². The van der Waals surface area contributed by atoms with E-state index in [2.05, 4.69) is 334 Å². The van der Waals surface area contributed by atoms with Crippen LogP contribution in [0.25, 0.3) is 27.5 Å². The minimum absolute atomic E-state index is 0.194. The number of hydrogen-bond acceptors (Lipinski definition) is 6. The molecule has 0 bridgehead atoms. The lowest BCUT2D eigenvalue weighted by atomic mass is 9.31. The molecule has 4 aliphatic heterocycles. The number of benzene rings is 13. The van der Waals surface area contributed by atoms with Gasteiger partial charge in [-0.2, -0.15) is 0 Å². The number of rotatable bonds is 9. The fraction of sp³-hybridized carbons (Fsp3) is 0. The third-order valence-corrected chi connectivity index (χ3v) is 18.0. The van der Waals surface area contributed by atoms with E-state index in [1.807, 2.05) is 0 Å². The van der Waals surface area contributed by atoms with Crippen LogP contribution >= 0.6 is 0 Å². The quantitative estimate of drug-likeness (QED) is 0.134.